The zero-order valence-electron chi connectivity index (χ0n) is 6.74. The molecule has 0 nitrogen and oxygen atoms in total. The molecule has 0 bridgehead atoms. The van der Waals surface area contributed by atoms with Gasteiger partial charge < -0.3 is 0 Å². The van der Waals surface area contributed by atoms with Crippen molar-refractivity contribution in [3.63, 3.8) is 0 Å². The molecule has 1 atom stereocenters. The van der Waals surface area contributed by atoms with Gasteiger partial charge in [0.05, 0.1) is 0 Å². The van der Waals surface area contributed by atoms with Crippen molar-refractivity contribution in [3.05, 3.63) is 32.7 Å². The molecule has 1 unspecified atom stereocenters. The zero-order valence-corrected chi connectivity index (χ0v) is 13.1. The molecule has 1 rings (SSSR count). The van der Waals surface area contributed by atoms with Crippen LogP contribution in [0.1, 0.15) is 5.56 Å². The fraction of sp³-hybridized carbons (Fsp3) is 0.333. The summed E-state index contributed by atoms with van der Waals surface area (Å²) in [6, 6.07) is 6.15. The number of hydrogen-bond acceptors (Lipinski definition) is 0. The van der Waals surface area contributed by atoms with E-state index >= 15 is 0 Å². The molecule has 0 heterocycles. The molecule has 1 aromatic carbocycles. The molecule has 4 heteroatoms. The maximum atomic E-state index is 3.59. The van der Waals surface area contributed by atoms with Crippen LogP contribution in [0.3, 0.4) is 0 Å². The second kappa shape index (κ2) is 5.89. The monoisotopic (exact) mass is 432 g/mol. The topological polar surface area (TPSA) is 0 Å². The van der Waals surface area contributed by atoms with E-state index in [2.05, 4.69) is 75.9 Å². The molecule has 13 heavy (non-hydrogen) atoms. The first-order valence-corrected chi connectivity index (χ1v) is 7.40. The Labute approximate surface area is 112 Å². The molecular weight excluding hydrogens is 428 g/mol. The highest BCUT2D eigenvalue weighted by Gasteiger charge is 2.09. The Kier molecular flexibility index (Phi) is 5.53. The predicted octanol–water partition coefficient (Wildman–Crippen LogP) is 4.91. The minimum Gasteiger partial charge on any atom is -0.0916 e. The largest absolute Gasteiger partial charge is 0.0916 e. The minimum absolute atomic E-state index is 0.475. The zero-order chi connectivity index (χ0) is 9.84. The van der Waals surface area contributed by atoms with Gasteiger partial charge in [-0.25, -0.2) is 0 Å². The highest BCUT2D eigenvalue weighted by atomic mass is 79.9. The quantitative estimate of drug-likeness (QED) is 0.592. The summed E-state index contributed by atoms with van der Waals surface area (Å²) in [5.41, 5.74) is 1.31. The average Bonchev–Trinajstić information content (AvgIpc) is 2.11. The van der Waals surface area contributed by atoms with Crippen LogP contribution in [0, 0.1) is 0 Å². The van der Waals surface area contributed by atoms with Gasteiger partial charge in [-0.15, -0.1) is 0 Å². The molecule has 0 amide bonds. The summed E-state index contributed by atoms with van der Waals surface area (Å²) < 4.78 is 2.32. The van der Waals surface area contributed by atoms with Crippen LogP contribution in [0.2, 0.25) is 0 Å². The van der Waals surface area contributed by atoms with Crippen LogP contribution in [-0.4, -0.2) is 10.2 Å². The smallest absolute Gasteiger partial charge is 0.0283 e. The molecule has 0 aliphatic carbocycles. The van der Waals surface area contributed by atoms with Crippen molar-refractivity contribution in [2.75, 3.05) is 5.33 Å². The van der Waals surface area contributed by atoms with Crippen LogP contribution in [0.15, 0.2) is 27.1 Å². The highest BCUT2D eigenvalue weighted by Crippen LogP contribution is 2.28. The van der Waals surface area contributed by atoms with Crippen molar-refractivity contribution in [2.24, 2.45) is 0 Å². The van der Waals surface area contributed by atoms with Gasteiger partial charge in [0.15, 0.2) is 0 Å². The number of hydrogen-bond donors (Lipinski definition) is 0. The summed E-state index contributed by atoms with van der Waals surface area (Å²) in [4.78, 5) is 0.475. The van der Waals surface area contributed by atoms with E-state index in [1.807, 2.05) is 6.07 Å². The lowest BCUT2D eigenvalue weighted by atomic mass is 10.1. The molecule has 1 aromatic rings. The van der Waals surface area contributed by atoms with E-state index in [-0.39, 0.29) is 0 Å². The standard InChI is InChI=1S/C9H8Br4/c10-5-6(11)4-7-8(12)2-1-3-9(7)13/h1-3,6H,4-5H2. The fourth-order valence-electron chi connectivity index (χ4n) is 1.00. The molecule has 0 aliphatic rings. The fourth-order valence-corrected chi connectivity index (χ4v) is 2.88. The summed E-state index contributed by atoms with van der Waals surface area (Å²) in [6.07, 6.45) is 1.01. The first kappa shape index (κ1) is 12.2. The summed E-state index contributed by atoms with van der Waals surface area (Å²) in [5, 5.41) is 0.959. The SMILES string of the molecule is BrCC(Br)Cc1c(Br)cccc1Br. The molecule has 0 saturated carbocycles. The molecular formula is C9H8Br4. The van der Waals surface area contributed by atoms with E-state index in [1.54, 1.807) is 0 Å². The molecule has 72 valence electrons. The molecule has 0 spiro atoms. The van der Waals surface area contributed by atoms with Crippen molar-refractivity contribution in [3.8, 4) is 0 Å². The van der Waals surface area contributed by atoms with Crippen molar-refractivity contribution < 1.29 is 0 Å². The molecule has 0 N–H and O–H groups in total. The Morgan fingerprint density at radius 3 is 2.15 bits per heavy atom. The maximum Gasteiger partial charge on any atom is 0.0283 e. The molecule has 0 saturated heterocycles. The molecule has 0 fully saturated rings. The van der Waals surface area contributed by atoms with Crippen molar-refractivity contribution in [1.82, 2.24) is 0 Å². The third-order valence-corrected chi connectivity index (χ3v) is 5.44. The predicted molar refractivity (Wildman–Crippen MR) is 72.1 cm³/mol. The minimum atomic E-state index is 0.475. The van der Waals surface area contributed by atoms with E-state index in [0.29, 0.717) is 4.83 Å². The molecule has 0 aliphatic heterocycles. The summed E-state index contributed by atoms with van der Waals surface area (Å²) in [7, 11) is 0. The average molecular weight is 436 g/mol. The Bertz CT molecular complexity index is 265. The first-order chi connectivity index (χ1) is 6.15. The van der Waals surface area contributed by atoms with E-state index in [0.717, 1.165) is 20.7 Å². The van der Waals surface area contributed by atoms with Crippen LogP contribution in [0.4, 0.5) is 0 Å². The lowest BCUT2D eigenvalue weighted by Crippen LogP contribution is -2.04. The Hall–Kier alpha value is 1.14. The van der Waals surface area contributed by atoms with Gasteiger partial charge in [-0.2, -0.15) is 0 Å². The number of benzene rings is 1. The Balaban J connectivity index is 2.87. The Morgan fingerprint density at radius 1 is 1.15 bits per heavy atom. The summed E-state index contributed by atoms with van der Waals surface area (Å²) in [5.74, 6) is 0. The normalized spacial score (nSPS) is 12.9. The second-order valence-electron chi connectivity index (χ2n) is 2.66. The van der Waals surface area contributed by atoms with Gasteiger partial charge in [-0.3, -0.25) is 0 Å². The van der Waals surface area contributed by atoms with E-state index < -0.39 is 0 Å². The van der Waals surface area contributed by atoms with Crippen LogP contribution < -0.4 is 0 Å². The van der Waals surface area contributed by atoms with Crippen LogP contribution in [0.5, 0.6) is 0 Å². The van der Waals surface area contributed by atoms with E-state index in [9.17, 15) is 0 Å². The van der Waals surface area contributed by atoms with Crippen LogP contribution in [-0.2, 0) is 6.42 Å². The van der Waals surface area contributed by atoms with Gasteiger partial charge in [0, 0.05) is 19.1 Å². The number of halogens is 4. The Morgan fingerprint density at radius 2 is 1.69 bits per heavy atom. The summed E-state index contributed by atoms with van der Waals surface area (Å²) in [6.45, 7) is 0. The van der Waals surface area contributed by atoms with Gasteiger partial charge in [0.2, 0.25) is 0 Å². The van der Waals surface area contributed by atoms with Crippen LogP contribution in [0.25, 0.3) is 0 Å². The maximum absolute atomic E-state index is 3.59. The van der Waals surface area contributed by atoms with Gasteiger partial charge in [0.25, 0.3) is 0 Å². The molecule has 0 radical (unpaired) electrons. The lowest BCUT2D eigenvalue weighted by molar-refractivity contribution is 0.964. The molecule has 0 aromatic heterocycles. The number of rotatable bonds is 3. The van der Waals surface area contributed by atoms with Gasteiger partial charge >= 0.3 is 0 Å². The first-order valence-electron chi connectivity index (χ1n) is 3.78. The van der Waals surface area contributed by atoms with E-state index in [4.69, 9.17) is 0 Å². The van der Waals surface area contributed by atoms with Crippen molar-refractivity contribution in [1.29, 1.82) is 0 Å². The second-order valence-corrected chi connectivity index (χ2v) is 6.31. The van der Waals surface area contributed by atoms with Gasteiger partial charge in [-0.05, 0) is 24.1 Å². The third-order valence-electron chi connectivity index (χ3n) is 1.65. The van der Waals surface area contributed by atoms with Crippen LogP contribution >= 0.6 is 63.7 Å². The van der Waals surface area contributed by atoms with Gasteiger partial charge in [0.1, 0.15) is 0 Å². The highest BCUT2D eigenvalue weighted by molar-refractivity contribution is 9.12. The third kappa shape index (κ3) is 3.65. The van der Waals surface area contributed by atoms with Gasteiger partial charge in [-0.1, -0.05) is 69.8 Å². The summed E-state index contributed by atoms with van der Waals surface area (Å²) >= 11 is 14.1. The van der Waals surface area contributed by atoms with Crippen molar-refractivity contribution in [2.45, 2.75) is 11.2 Å². The van der Waals surface area contributed by atoms with E-state index in [1.165, 1.54) is 5.56 Å². The number of alkyl halides is 2. The lowest BCUT2D eigenvalue weighted by Gasteiger charge is -2.09. The van der Waals surface area contributed by atoms with Crippen molar-refractivity contribution >= 4 is 63.7 Å².